The number of β-amino-alcohol motifs (C(OH)–C–C–N with tert-alkyl or cyclic N) is 1. The third-order valence-electron chi connectivity index (χ3n) is 5.65. The fourth-order valence-electron chi connectivity index (χ4n) is 4.08. The Kier molecular flexibility index (Phi) is 5.69. The first-order chi connectivity index (χ1) is 12.0. The first-order valence-corrected chi connectivity index (χ1v) is 9.45. The number of aliphatic hydroxyl groups is 1. The van der Waals surface area contributed by atoms with Crippen LogP contribution >= 0.6 is 0 Å². The Bertz CT molecular complexity index is 601. The number of rotatable bonds is 3. The maximum absolute atomic E-state index is 11.6. The topological polar surface area (TPSA) is 69.6 Å². The molecule has 1 atom stereocenters. The molecule has 1 N–H and O–H groups in total. The van der Waals surface area contributed by atoms with Gasteiger partial charge < -0.3 is 14.9 Å². The van der Waals surface area contributed by atoms with E-state index in [4.69, 9.17) is 0 Å². The standard InChI is InChI=1S/C19H30N4O2/c1-15-4-9-20-18(21-15)17-5-11-22(12-6-17)14-19(25)7-3-10-23(13-8-19)16(2)24/h4,9,17,25H,3,5-8,10-14H2,1-2H3/t19-/m1/s1. The highest BCUT2D eigenvalue weighted by Crippen LogP contribution is 2.29. The van der Waals surface area contributed by atoms with Crippen LogP contribution in [-0.2, 0) is 4.79 Å². The van der Waals surface area contributed by atoms with E-state index in [0.717, 1.165) is 56.8 Å². The second-order valence-corrected chi connectivity index (χ2v) is 7.69. The van der Waals surface area contributed by atoms with Crippen molar-refractivity contribution in [3.05, 3.63) is 23.8 Å². The molecule has 0 saturated carbocycles. The number of carbonyl (C=O) groups is 1. The van der Waals surface area contributed by atoms with Gasteiger partial charge in [0.1, 0.15) is 5.82 Å². The Morgan fingerprint density at radius 3 is 2.72 bits per heavy atom. The number of carbonyl (C=O) groups excluding carboxylic acids is 1. The molecule has 1 amide bonds. The molecule has 2 saturated heterocycles. The third kappa shape index (κ3) is 4.76. The van der Waals surface area contributed by atoms with Gasteiger partial charge in [-0.15, -0.1) is 0 Å². The maximum atomic E-state index is 11.6. The molecule has 2 fully saturated rings. The lowest BCUT2D eigenvalue weighted by Gasteiger charge is -2.37. The van der Waals surface area contributed by atoms with Gasteiger partial charge in [0, 0.05) is 44.4 Å². The van der Waals surface area contributed by atoms with Crippen molar-refractivity contribution in [3.63, 3.8) is 0 Å². The lowest BCUT2D eigenvalue weighted by atomic mass is 9.91. The molecule has 1 aromatic heterocycles. The molecule has 0 radical (unpaired) electrons. The van der Waals surface area contributed by atoms with E-state index in [9.17, 15) is 9.90 Å². The molecule has 138 valence electrons. The van der Waals surface area contributed by atoms with Gasteiger partial charge in [-0.1, -0.05) is 0 Å². The van der Waals surface area contributed by atoms with E-state index in [2.05, 4.69) is 14.9 Å². The van der Waals surface area contributed by atoms with Gasteiger partial charge in [0.05, 0.1) is 5.60 Å². The number of nitrogens with zero attached hydrogens (tertiary/aromatic N) is 4. The summed E-state index contributed by atoms with van der Waals surface area (Å²) in [5.41, 5.74) is 0.354. The van der Waals surface area contributed by atoms with Gasteiger partial charge in [-0.25, -0.2) is 9.97 Å². The van der Waals surface area contributed by atoms with Gasteiger partial charge in [0.15, 0.2) is 0 Å². The average molecular weight is 346 g/mol. The van der Waals surface area contributed by atoms with Crippen LogP contribution in [0.15, 0.2) is 12.3 Å². The molecule has 0 bridgehead atoms. The van der Waals surface area contributed by atoms with Crippen molar-refractivity contribution in [1.29, 1.82) is 0 Å². The molecular weight excluding hydrogens is 316 g/mol. The molecule has 6 nitrogen and oxygen atoms in total. The molecule has 6 heteroatoms. The van der Waals surface area contributed by atoms with E-state index < -0.39 is 5.60 Å². The van der Waals surface area contributed by atoms with E-state index in [-0.39, 0.29) is 5.91 Å². The summed E-state index contributed by atoms with van der Waals surface area (Å²) in [4.78, 5) is 24.8. The number of likely N-dealkylation sites (tertiary alicyclic amines) is 2. The second-order valence-electron chi connectivity index (χ2n) is 7.69. The number of piperidine rings is 1. The normalized spacial score (nSPS) is 26.4. The van der Waals surface area contributed by atoms with E-state index in [0.29, 0.717) is 25.4 Å². The van der Waals surface area contributed by atoms with E-state index >= 15 is 0 Å². The summed E-state index contributed by atoms with van der Waals surface area (Å²) < 4.78 is 0. The highest BCUT2D eigenvalue weighted by molar-refractivity contribution is 5.73. The second kappa shape index (κ2) is 7.79. The summed E-state index contributed by atoms with van der Waals surface area (Å²) >= 11 is 0. The van der Waals surface area contributed by atoms with E-state index in [1.165, 1.54) is 0 Å². The fraction of sp³-hybridized carbons (Fsp3) is 0.737. The lowest BCUT2D eigenvalue weighted by molar-refractivity contribution is -0.129. The number of aromatic nitrogens is 2. The van der Waals surface area contributed by atoms with Crippen LogP contribution in [0.1, 0.15) is 56.5 Å². The summed E-state index contributed by atoms with van der Waals surface area (Å²) in [6.07, 6.45) is 6.26. The molecule has 0 aromatic carbocycles. The highest BCUT2D eigenvalue weighted by Gasteiger charge is 2.34. The molecule has 2 aliphatic rings. The first-order valence-electron chi connectivity index (χ1n) is 9.45. The van der Waals surface area contributed by atoms with Gasteiger partial charge in [0.25, 0.3) is 0 Å². The molecule has 0 aliphatic carbocycles. The fourth-order valence-corrected chi connectivity index (χ4v) is 4.08. The molecule has 1 aromatic rings. The van der Waals surface area contributed by atoms with Crippen molar-refractivity contribution >= 4 is 5.91 Å². The number of hydrogen-bond acceptors (Lipinski definition) is 5. The van der Waals surface area contributed by atoms with Gasteiger partial charge in [-0.2, -0.15) is 0 Å². The van der Waals surface area contributed by atoms with Crippen LogP contribution in [0.5, 0.6) is 0 Å². The van der Waals surface area contributed by atoms with Crippen LogP contribution in [0, 0.1) is 6.92 Å². The van der Waals surface area contributed by atoms with Crippen molar-refractivity contribution in [2.75, 3.05) is 32.7 Å². The van der Waals surface area contributed by atoms with Crippen LogP contribution in [0.25, 0.3) is 0 Å². The smallest absolute Gasteiger partial charge is 0.219 e. The maximum Gasteiger partial charge on any atom is 0.219 e. The minimum absolute atomic E-state index is 0.114. The molecule has 0 spiro atoms. The molecule has 25 heavy (non-hydrogen) atoms. The van der Waals surface area contributed by atoms with Crippen molar-refractivity contribution in [1.82, 2.24) is 19.8 Å². The Morgan fingerprint density at radius 1 is 1.28 bits per heavy atom. The predicted octanol–water partition coefficient (Wildman–Crippen LogP) is 1.73. The minimum Gasteiger partial charge on any atom is -0.388 e. The Labute approximate surface area is 150 Å². The summed E-state index contributed by atoms with van der Waals surface area (Å²) in [5, 5.41) is 11.0. The third-order valence-corrected chi connectivity index (χ3v) is 5.65. The number of aryl methyl sites for hydroxylation is 1. The quantitative estimate of drug-likeness (QED) is 0.903. The van der Waals surface area contributed by atoms with Crippen LogP contribution in [0.2, 0.25) is 0 Å². The monoisotopic (exact) mass is 346 g/mol. The zero-order valence-corrected chi connectivity index (χ0v) is 15.4. The van der Waals surface area contributed by atoms with Crippen molar-refractivity contribution in [2.45, 2.75) is 57.5 Å². The Morgan fingerprint density at radius 2 is 2.04 bits per heavy atom. The van der Waals surface area contributed by atoms with E-state index in [1.54, 1.807) is 6.92 Å². The SMILES string of the molecule is CC(=O)N1CCC[C@](O)(CN2CCC(c3nccc(C)n3)CC2)CC1. The van der Waals surface area contributed by atoms with Crippen molar-refractivity contribution in [3.8, 4) is 0 Å². The first kappa shape index (κ1) is 18.3. The molecule has 2 aliphatic heterocycles. The zero-order chi connectivity index (χ0) is 17.9. The summed E-state index contributed by atoms with van der Waals surface area (Å²) in [6, 6.07) is 1.94. The van der Waals surface area contributed by atoms with Crippen LogP contribution in [-0.4, -0.2) is 69.1 Å². The largest absolute Gasteiger partial charge is 0.388 e. The lowest BCUT2D eigenvalue weighted by Crippen LogP contribution is -2.46. The van der Waals surface area contributed by atoms with E-state index in [1.807, 2.05) is 24.1 Å². The Balaban J connectivity index is 1.52. The Hall–Kier alpha value is -1.53. The molecular formula is C19H30N4O2. The number of hydrogen-bond donors (Lipinski definition) is 1. The van der Waals surface area contributed by atoms with Gasteiger partial charge in [0.2, 0.25) is 5.91 Å². The van der Waals surface area contributed by atoms with Crippen molar-refractivity contribution < 1.29 is 9.90 Å². The highest BCUT2D eigenvalue weighted by atomic mass is 16.3. The van der Waals surface area contributed by atoms with Gasteiger partial charge in [-0.05, 0) is 58.2 Å². The summed E-state index contributed by atoms with van der Waals surface area (Å²) in [5.74, 6) is 1.50. The zero-order valence-electron chi connectivity index (χ0n) is 15.4. The van der Waals surface area contributed by atoms with Crippen LogP contribution in [0.4, 0.5) is 0 Å². The predicted molar refractivity (Wildman–Crippen MR) is 96.2 cm³/mol. The average Bonchev–Trinajstić information content (AvgIpc) is 2.77. The number of amides is 1. The van der Waals surface area contributed by atoms with Gasteiger partial charge in [-0.3, -0.25) is 4.79 Å². The molecule has 3 heterocycles. The van der Waals surface area contributed by atoms with Crippen molar-refractivity contribution in [2.24, 2.45) is 0 Å². The molecule has 0 unspecified atom stereocenters. The van der Waals surface area contributed by atoms with Crippen LogP contribution < -0.4 is 0 Å². The molecule has 3 rings (SSSR count). The summed E-state index contributed by atoms with van der Waals surface area (Å²) in [6.45, 7) is 7.71. The minimum atomic E-state index is -0.670. The van der Waals surface area contributed by atoms with Gasteiger partial charge >= 0.3 is 0 Å². The van der Waals surface area contributed by atoms with Crippen LogP contribution in [0.3, 0.4) is 0 Å². The summed E-state index contributed by atoms with van der Waals surface area (Å²) in [7, 11) is 0.